The third kappa shape index (κ3) is 3.64. The summed E-state index contributed by atoms with van der Waals surface area (Å²) in [5.74, 6) is 1.52. The third-order valence-electron chi connectivity index (χ3n) is 4.68. The first-order valence-electron chi connectivity index (χ1n) is 8.84. The number of hydrogen-bond acceptors (Lipinski definition) is 5. The predicted molar refractivity (Wildman–Crippen MR) is 99.9 cm³/mol. The van der Waals surface area contributed by atoms with Crippen molar-refractivity contribution in [2.75, 3.05) is 0 Å². The molecule has 1 aliphatic rings. The second-order valence-electron chi connectivity index (χ2n) is 6.83. The van der Waals surface area contributed by atoms with Crippen LogP contribution < -0.4 is 15.9 Å². The van der Waals surface area contributed by atoms with Crippen molar-refractivity contribution in [3.8, 4) is 17.1 Å². The van der Waals surface area contributed by atoms with Gasteiger partial charge in [0.15, 0.2) is 11.7 Å². The molecule has 3 aromatic rings. The minimum atomic E-state index is -0.808. The van der Waals surface area contributed by atoms with E-state index in [0.29, 0.717) is 34.8 Å². The molecule has 5 nitrogen and oxygen atoms in total. The summed E-state index contributed by atoms with van der Waals surface area (Å²) in [5, 5.41) is 10.6. The highest BCUT2D eigenvalue weighted by Crippen LogP contribution is 2.34. The summed E-state index contributed by atoms with van der Waals surface area (Å²) in [6.07, 6.45) is 1.43. The number of hydrogen-bond donors (Lipinski definition) is 2. The molecule has 1 saturated carbocycles. The highest BCUT2D eigenvalue weighted by atomic mass is 16.5. The molecule has 5 heteroatoms. The zero-order valence-corrected chi connectivity index (χ0v) is 14.3. The molecule has 3 N–H and O–H groups in total. The third-order valence-corrected chi connectivity index (χ3v) is 4.68. The topological polar surface area (TPSA) is 85.7 Å². The van der Waals surface area contributed by atoms with Gasteiger partial charge in [-0.25, -0.2) is 0 Å². The lowest BCUT2D eigenvalue weighted by Crippen LogP contribution is -2.40. The van der Waals surface area contributed by atoms with Crippen molar-refractivity contribution in [2.45, 2.75) is 31.6 Å². The van der Waals surface area contributed by atoms with Crippen LogP contribution in [0.1, 0.15) is 19.3 Å². The van der Waals surface area contributed by atoms with Crippen LogP contribution in [0.4, 0.5) is 0 Å². The second-order valence-corrected chi connectivity index (χ2v) is 6.83. The van der Waals surface area contributed by atoms with Gasteiger partial charge in [0.1, 0.15) is 23.2 Å². The number of aliphatic hydroxyl groups excluding tert-OH is 1. The molecule has 0 radical (unpaired) electrons. The van der Waals surface area contributed by atoms with Crippen molar-refractivity contribution < 1.29 is 14.3 Å². The summed E-state index contributed by atoms with van der Waals surface area (Å²) in [6.45, 7) is 0. The number of benzene rings is 2. The molecular formula is C21H21NO4. The molecule has 134 valence electrons. The van der Waals surface area contributed by atoms with Gasteiger partial charge in [-0.3, -0.25) is 10.5 Å². The number of rotatable bonds is 6. The Morgan fingerprint density at radius 2 is 1.92 bits per heavy atom. The first kappa shape index (κ1) is 16.8. The highest BCUT2D eigenvalue weighted by Gasteiger charge is 2.28. The average molecular weight is 351 g/mol. The molecular weight excluding hydrogens is 330 g/mol. The Morgan fingerprint density at radius 3 is 2.65 bits per heavy atom. The Hall–Kier alpha value is -2.63. The lowest BCUT2D eigenvalue weighted by molar-refractivity contribution is 0.0311. The van der Waals surface area contributed by atoms with E-state index < -0.39 is 12.3 Å². The molecule has 2 unspecified atom stereocenters. The van der Waals surface area contributed by atoms with E-state index in [2.05, 4.69) is 0 Å². The Morgan fingerprint density at radius 1 is 1.15 bits per heavy atom. The van der Waals surface area contributed by atoms with Crippen molar-refractivity contribution in [3.05, 3.63) is 64.8 Å². The van der Waals surface area contributed by atoms with Gasteiger partial charge in [-0.2, -0.15) is 0 Å². The van der Waals surface area contributed by atoms with Crippen LogP contribution in [-0.4, -0.2) is 17.4 Å². The smallest absolute Gasteiger partial charge is 0.193 e. The summed E-state index contributed by atoms with van der Waals surface area (Å²) in [4.78, 5) is 12.4. The van der Waals surface area contributed by atoms with Crippen LogP contribution in [0.5, 0.6) is 5.75 Å². The van der Waals surface area contributed by atoms with Crippen LogP contribution in [0.15, 0.2) is 63.8 Å². The molecule has 0 amide bonds. The quantitative estimate of drug-likeness (QED) is 0.666. The summed E-state index contributed by atoms with van der Waals surface area (Å²) in [5.41, 5.74) is 7.10. The average Bonchev–Trinajstić information content (AvgIpc) is 3.46. The van der Waals surface area contributed by atoms with Gasteiger partial charge in [0.2, 0.25) is 0 Å². The van der Waals surface area contributed by atoms with Crippen LogP contribution in [0, 0.1) is 5.92 Å². The van der Waals surface area contributed by atoms with Gasteiger partial charge in [-0.15, -0.1) is 0 Å². The van der Waals surface area contributed by atoms with Crippen LogP contribution >= 0.6 is 0 Å². The molecule has 0 saturated heterocycles. The fourth-order valence-electron chi connectivity index (χ4n) is 3.02. The van der Waals surface area contributed by atoms with Crippen molar-refractivity contribution in [1.29, 1.82) is 0 Å². The standard InChI is InChI=1S/C21H21NO4/c22-21(18(24)10-13-6-7-13)25-15-8-9-16-17(23)12-19(26-20(16)11-15)14-4-2-1-3-5-14/h1-5,8-9,11-13,18,21,24H,6-7,10,22H2. The van der Waals surface area contributed by atoms with E-state index in [9.17, 15) is 9.90 Å². The van der Waals surface area contributed by atoms with Gasteiger partial charge in [0.05, 0.1) is 5.39 Å². The second kappa shape index (κ2) is 6.94. The van der Waals surface area contributed by atoms with Crippen molar-refractivity contribution in [3.63, 3.8) is 0 Å². The van der Waals surface area contributed by atoms with Gasteiger partial charge in [0.25, 0.3) is 0 Å². The van der Waals surface area contributed by atoms with Gasteiger partial charge < -0.3 is 14.3 Å². The molecule has 1 aliphatic carbocycles. The van der Waals surface area contributed by atoms with E-state index in [1.54, 1.807) is 18.2 Å². The van der Waals surface area contributed by atoms with E-state index in [-0.39, 0.29) is 5.43 Å². The Labute approximate surface area is 151 Å². The summed E-state index contributed by atoms with van der Waals surface area (Å²) in [6, 6.07) is 15.9. The first-order valence-corrected chi connectivity index (χ1v) is 8.84. The van der Waals surface area contributed by atoms with Crippen molar-refractivity contribution in [2.24, 2.45) is 11.7 Å². The Balaban J connectivity index is 1.62. The molecule has 0 spiro atoms. The molecule has 26 heavy (non-hydrogen) atoms. The highest BCUT2D eigenvalue weighted by molar-refractivity contribution is 5.80. The van der Waals surface area contributed by atoms with Crippen molar-refractivity contribution >= 4 is 11.0 Å². The van der Waals surface area contributed by atoms with E-state index >= 15 is 0 Å². The van der Waals surface area contributed by atoms with E-state index in [1.165, 1.54) is 6.07 Å². The van der Waals surface area contributed by atoms with Crippen LogP contribution in [0.3, 0.4) is 0 Å². The summed E-state index contributed by atoms with van der Waals surface area (Å²) in [7, 11) is 0. The van der Waals surface area contributed by atoms with Crippen LogP contribution in [0.2, 0.25) is 0 Å². The van der Waals surface area contributed by atoms with Gasteiger partial charge in [-0.05, 0) is 24.5 Å². The molecule has 0 aliphatic heterocycles. The number of nitrogens with two attached hydrogens (primary N) is 1. The SMILES string of the molecule is NC(Oc1ccc2c(=O)cc(-c3ccccc3)oc2c1)C(O)CC1CC1. The fourth-order valence-corrected chi connectivity index (χ4v) is 3.02. The van der Waals surface area contributed by atoms with Crippen LogP contribution in [0.25, 0.3) is 22.3 Å². The number of ether oxygens (including phenoxy) is 1. The molecule has 1 aromatic heterocycles. The van der Waals surface area contributed by atoms with E-state index in [0.717, 1.165) is 18.4 Å². The maximum Gasteiger partial charge on any atom is 0.193 e. The van der Waals surface area contributed by atoms with Gasteiger partial charge in [-0.1, -0.05) is 43.2 Å². The maximum absolute atomic E-state index is 12.4. The molecule has 2 aromatic carbocycles. The van der Waals surface area contributed by atoms with Crippen LogP contribution in [-0.2, 0) is 0 Å². The zero-order valence-electron chi connectivity index (χ0n) is 14.3. The molecule has 4 rings (SSSR count). The monoisotopic (exact) mass is 351 g/mol. The largest absolute Gasteiger partial charge is 0.473 e. The Kier molecular flexibility index (Phi) is 4.49. The molecule has 2 atom stereocenters. The minimum Gasteiger partial charge on any atom is -0.473 e. The number of aliphatic hydroxyl groups is 1. The normalized spacial score (nSPS) is 16.4. The maximum atomic E-state index is 12.4. The lowest BCUT2D eigenvalue weighted by Gasteiger charge is -2.20. The van der Waals surface area contributed by atoms with E-state index in [4.69, 9.17) is 14.9 Å². The zero-order chi connectivity index (χ0) is 18.1. The van der Waals surface area contributed by atoms with Crippen molar-refractivity contribution in [1.82, 2.24) is 0 Å². The first-order chi connectivity index (χ1) is 12.6. The van der Waals surface area contributed by atoms with Gasteiger partial charge >= 0.3 is 0 Å². The Bertz CT molecular complexity index is 963. The lowest BCUT2D eigenvalue weighted by atomic mass is 10.1. The summed E-state index contributed by atoms with van der Waals surface area (Å²) < 4.78 is 11.6. The predicted octanol–water partition coefficient (Wildman–Crippen LogP) is 3.28. The van der Waals surface area contributed by atoms with E-state index in [1.807, 2.05) is 30.3 Å². The van der Waals surface area contributed by atoms with Gasteiger partial charge in [0, 0.05) is 17.7 Å². The fraction of sp³-hybridized carbons (Fsp3) is 0.286. The molecule has 1 heterocycles. The number of fused-ring (bicyclic) bond motifs is 1. The molecule has 1 fully saturated rings. The summed E-state index contributed by atoms with van der Waals surface area (Å²) >= 11 is 0. The molecule has 0 bridgehead atoms. The minimum absolute atomic E-state index is 0.116.